The summed E-state index contributed by atoms with van der Waals surface area (Å²) in [4.78, 5) is 23.2. The molecule has 0 bridgehead atoms. The Labute approximate surface area is 224 Å². The van der Waals surface area contributed by atoms with Crippen molar-refractivity contribution in [2.75, 3.05) is 57.8 Å². The van der Waals surface area contributed by atoms with E-state index in [-0.39, 0.29) is 46.6 Å². The number of carbonyl (C=O) groups is 1. The first-order chi connectivity index (χ1) is 18.9. The fraction of sp³-hybridized carbons (Fsp3) is 0.393. The predicted octanol–water partition coefficient (Wildman–Crippen LogP) is 4.00. The van der Waals surface area contributed by atoms with E-state index in [0.717, 1.165) is 11.5 Å². The van der Waals surface area contributed by atoms with Gasteiger partial charge in [-0.1, -0.05) is 6.58 Å². The van der Waals surface area contributed by atoms with Crippen molar-refractivity contribution in [2.45, 2.75) is 18.6 Å². The van der Waals surface area contributed by atoms with Gasteiger partial charge in [0.05, 0.1) is 50.8 Å². The second-order valence-electron chi connectivity index (χ2n) is 9.59. The fourth-order valence-corrected chi connectivity index (χ4v) is 4.94. The lowest BCUT2D eigenvalue weighted by atomic mass is 9.97. The van der Waals surface area contributed by atoms with Gasteiger partial charge in [-0.3, -0.25) is 4.79 Å². The highest BCUT2D eigenvalue weighted by Gasteiger charge is 2.32. The number of allylic oxidation sites excluding steroid dienone is 1. The van der Waals surface area contributed by atoms with Crippen LogP contribution in [0, 0.1) is 17.6 Å². The number of hydrogen-bond donors (Lipinski definition) is 1. The molecule has 0 amide bonds. The number of aromatic nitrogens is 2. The summed E-state index contributed by atoms with van der Waals surface area (Å²) in [6, 6.07) is 4.50. The number of pyridine rings is 2. The summed E-state index contributed by atoms with van der Waals surface area (Å²) in [6.45, 7) is 5.60. The Kier molecular flexibility index (Phi) is 7.62. The molecule has 3 aromatic rings. The molecule has 1 N–H and O–H groups in total. The topological polar surface area (TPSA) is 95.0 Å². The summed E-state index contributed by atoms with van der Waals surface area (Å²) in [7, 11) is 4.24. The third-order valence-corrected chi connectivity index (χ3v) is 7.23. The number of nitrogens with zero attached hydrogens (tertiary/aromatic N) is 3. The average molecular weight is 541 g/mol. The van der Waals surface area contributed by atoms with E-state index in [1.807, 2.05) is 11.0 Å². The van der Waals surface area contributed by atoms with Crippen LogP contribution in [-0.4, -0.2) is 75.5 Å². The lowest BCUT2D eigenvalue weighted by molar-refractivity contribution is -0.115. The summed E-state index contributed by atoms with van der Waals surface area (Å²) in [5.41, 5.74) is -0.265. The van der Waals surface area contributed by atoms with Gasteiger partial charge in [-0.15, -0.1) is 0 Å². The van der Waals surface area contributed by atoms with Crippen LogP contribution in [0.2, 0.25) is 0 Å². The van der Waals surface area contributed by atoms with Crippen LogP contribution in [0.4, 0.5) is 20.4 Å². The van der Waals surface area contributed by atoms with Crippen molar-refractivity contribution >= 4 is 28.2 Å². The van der Waals surface area contributed by atoms with Crippen molar-refractivity contribution in [3.63, 3.8) is 0 Å². The van der Waals surface area contributed by atoms with E-state index in [0.29, 0.717) is 49.7 Å². The lowest BCUT2D eigenvalue weighted by Gasteiger charge is -2.39. The Morgan fingerprint density at radius 2 is 1.87 bits per heavy atom. The molecule has 2 aromatic heterocycles. The Balaban J connectivity index is 1.57. The molecule has 0 radical (unpaired) electrons. The SMILES string of the molecule is C=CC(=O)C[C@H]1COC[C@H]1Nc1cc2c(N3CC(OC)C3)nc(-c3c(F)c(OC)cc(OC)c3F)cc2cn1. The zero-order valence-electron chi connectivity index (χ0n) is 22.0. The molecule has 2 atom stereocenters. The number of ketones is 1. The van der Waals surface area contributed by atoms with E-state index >= 15 is 8.78 Å². The van der Waals surface area contributed by atoms with Crippen LogP contribution in [-0.2, 0) is 14.3 Å². The van der Waals surface area contributed by atoms with Gasteiger partial charge in [0.25, 0.3) is 0 Å². The number of benzene rings is 1. The predicted molar refractivity (Wildman–Crippen MR) is 143 cm³/mol. The quantitative estimate of drug-likeness (QED) is 0.383. The summed E-state index contributed by atoms with van der Waals surface area (Å²) in [5, 5.41) is 4.77. The summed E-state index contributed by atoms with van der Waals surface area (Å²) in [6.07, 6.45) is 3.31. The highest BCUT2D eigenvalue weighted by Crippen LogP contribution is 2.40. The van der Waals surface area contributed by atoms with E-state index in [1.165, 1.54) is 20.3 Å². The van der Waals surface area contributed by atoms with Gasteiger partial charge in [-0.2, -0.15) is 0 Å². The van der Waals surface area contributed by atoms with Crippen molar-refractivity contribution in [1.29, 1.82) is 0 Å². The van der Waals surface area contributed by atoms with Gasteiger partial charge in [0.2, 0.25) is 0 Å². The molecule has 0 spiro atoms. The van der Waals surface area contributed by atoms with Gasteiger partial charge >= 0.3 is 0 Å². The van der Waals surface area contributed by atoms with Gasteiger partial charge < -0.3 is 29.2 Å². The molecule has 1 aromatic carbocycles. The van der Waals surface area contributed by atoms with Crippen LogP contribution in [0.5, 0.6) is 11.5 Å². The normalized spacial score (nSPS) is 19.2. The number of rotatable bonds is 10. The van der Waals surface area contributed by atoms with Gasteiger partial charge in [0.15, 0.2) is 28.9 Å². The average Bonchev–Trinajstić information content (AvgIpc) is 3.34. The fourth-order valence-electron chi connectivity index (χ4n) is 4.94. The lowest BCUT2D eigenvalue weighted by Crippen LogP contribution is -2.52. The Morgan fingerprint density at radius 3 is 2.51 bits per heavy atom. The number of halogens is 2. The molecule has 0 unspecified atom stereocenters. The van der Waals surface area contributed by atoms with Gasteiger partial charge in [-0.05, 0) is 18.2 Å². The molecule has 11 heteroatoms. The van der Waals surface area contributed by atoms with Gasteiger partial charge in [0, 0.05) is 55.6 Å². The molecule has 4 heterocycles. The third-order valence-electron chi connectivity index (χ3n) is 7.23. The van der Waals surface area contributed by atoms with Gasteiger partial charge in [0.1, 0.15) is 11.6 Å². The molecule has 206 valence electrons. The molecule has 2 fully saturated rings. The van der Waals surface area contributed by atoms with Crippen LogP contribution in [0.1, 0.15) is 6.42 Å². The van der Waals surface area contributed by atoms with Crippen molar-refractivity contribution in [3.05, 3.63) is 48.7 Å². The first-order valence-corrected chi connectivity index (χ1v) is 12.5. The molecular formula is C28H30F2N4O5. The third kappa shape index (κ3) is 5.11. The number of hydrogen-bond acceptors (Lipinski definition) is 9. The highest BCUT2D eigenvalue weighted by atomic mass is 19.1. The monoisotopic (exact) mass is 540 g/mol. The number of carbonyl (C=O) groups excluding carboxylic acids is 1. The molecular weight excluding hydrogens is 510 g/mol. The van der Waals surface area contributed by atoms with Crippen molar-refractivity contribution in [2.24, 2.45) is 5.92 Å². The van der Waals surface area contributed by atoms with E-state index < -0.39 is 11.6 Å². The number of anilines is 2. The van der Waals surface area contributed by atoms with E-state index in [4.69, 9.17) is 23.9 Å². The molecule has 0 aliphatic carbocycles. The zero-order chi connectivity index (χ0) is 27.7. The Hall–Kier alpha value is -3.83. The second-order valence-corrected chi connectivity index (χ2v) is 9.59. The Morgan fingerprint density at radius 1 is 1.15 bits per heavy atom. The number of nitrogens with one attached hydrogen (secondary N) is 1. The standard InChI is InChI=1S/C28H30F2N4O5/c1-5-17(35)6-16-13-39-14-21(16)32-24-8-19-15(10-31-24)7-20(33-28(19)34-11-18(12-34)36-2)25-26(29)22(37-3)9-23(38-4)27(25)30/h5,7-10,16,18,21H,1,6,11-14H2,2-4H3,(H,31,32)/t16-,21+/m0/s1. The van der Waals surface area contributed by atoms with E-state index in [1.54, 1.807) is 19.4 Å². The van der Waals surface area contributed by atoms with Crippen LogP contribution < -0.4 is 19.7 Å². The molecule has 2 saturated heterocycles. The minimum atomic E-state index is -0.875. The first-order valence-electron chi connectivity index (χ1n) is 12.5. The highest BCUT2D eigenvalue weighted by molar-refractivity contribution is 5.96. The smallest absolute Gasteiger partial charge is 0.177 e. The van der Waals surface area contributed by atoms with Crippen molar-refractivity contribution in [1.82, 2.24) is 9.97 Å². The number of ether oxygens (including phenoxy) is 4. The van der Waals surface area contributed by atoms with Crippen molar-refractivity contribution < 1.29 is 32.5 Å². The number of methoxy groups -OCH3 is 3. The maximum Gasteiger partial charge on any atom is 0.177 e. The molecule has 2 aliphatic heterocycles. The first kappa shape index (κ1) is 26.8. The number of fused-ring (bicyclic) bond motifs is 1. The van der Waals surface area contributed by atoms with Crippen LogP contribution in [0.3, 0.4) is 0 Å². The van der Waals surface area contributed by atoms with E-state index in [9.17, 15) is 4.79 Å². The maximum atomic E-state index is 15.4. The van der Waals surface area contributed by atoms with Crippen LogP contribution >= 0.6 is 0 Å². The minimum absolute atomic E-state index is 0.0141. The molecule has 2 aliphatic rings. The minimum Gasteiger partial charge on any atom is -0.494 e. The molecule has 0 saturated carbocycles. The van der Waals surface area contributed by atoms with E-state index in [2.05, 4.69) is 16.9 Å². The zero-order valence-corrected chi connectivity index (χ0v) is 22.0. The summed E-state index contributed by atoms with van der Waals surface area (Å²) < 4.78 is 52.0. The Bertz CT molecular complexity index is 1380. The largest absolute Gasteiger partial charge is 0.494 e. The summed E-state index contributed by atoms with van der Waals surface area (Å²) >= 11 is 0. The molecule has 5 rings (SSSR count). The van der Waals surface area contributed by atoms with Crippen molar-refractivity contribution in [3.8, 4) is 22.8 Å². The van der Waals surface area contributed by atoms with Crippen LogP contribution in [0.15, 0.2) is 37.1 Å². The van der Waals surface area contributed by atoms with Crippen LogP contribution in [0.25, 0.3) is 22.0 Å². The maximum absolute atomic E-state index is 15.4. The second kappa shape index (κ2) is 11.1. The molecule has 39 heavy (non-hydrogen) atoms. The van der Waals surface area contributed by atoms with Gasteiger partial charge in [-0.25, -0.2) is 18.7 Å². The molecule has 9 nitrogen and oxygen atoms in total. The summed E-state index contributed by atoms with van der Waals surface area (Å²) in [5.74, 6) is -0.995.